The number of hydrogen-bond donors (Lipinski definition) is 1. The van der Waals surface area contributed by atoms with Gasteiger partial charge in [-0.3, -0.25) is 0 Å². The molecule has 1 aromatic rings. The van der Waals surface area contributed by atoms with Gasteiger partial charge in [0, 0.05) is 0 Å². The van der Waals surface area contributed by atoms with Gasteiger partial charge in [-0.15, -0.1) is 0 Å². The second kappa shape index (κ2) is 8.35. The molecule has 0 spiro atoms. The lowest BCUT2D eigenvalue weighted by Crippen LogP contribution is -2.18. The van der Waals surface area contributed by atoms with Crippen molar-refractivity contribution in [2.75, 3.05) is 13.1 Å². The fourth-order valence-corrected chi connectivity index (χ4v) is 1.79. The van der Waals surface area contributed by atoms with Crippen molar-refractivity contribution in [1.29, 1.82) is 0 Å². The maximum Gasteiger partial charge on any atom is -0.000835 e. The van der Waals surface area contributed by atoms with Crippen LogP contribution in [-0.2, 0) is 6.42 Å². The fraction of sp³-hybridized carbons (Fsp3) is 0.600. The summed E-state index contributed by atoms with van der Waals surface area (Å²) >= 11 is 0. The Morgan fingerprint density at radius 2 is 1.69 bits per heavy atom. The van der Waals surface area contributed by atoms with Crippen LogP contribution in [-0.4, -0.2) is 13.1 Å². The van der Waals surface area contributed by atoms with E-state index in [1.165, 1.54) is 43.4 Å². The predicted octanol–water partition coefficient (Wildman–Crippen LogP) is 3.71. The normalized spacial score (nSPS) is 10.6. The zero-order chi connectivity index (χ0) is 11.6. The molecule has 0 aliphatic heterocycles. The van der Waals surface area contributed by atoms with E-state index in [1.54, 1.807) is 0 Å². The van der Waals surface area contributed by atoms with E-state index in [0.29, 0.717) is 0 Å². The zero-order valence-corrected chi connectivity index (χ0v) is 10.8. The summed E-state index contributed by atoms with van der Waals surface area (Å²) in [7, 11) is 0. The number of nitrogens with one attached hydrogen (secondary N) is 1. The second-order valence-corrected chi connectivity index (χ2v) is 4.55. The molecule has 0 aliphatic rings. The molecule has 1 aromatic carbocycles. The van der Waals surface area contributed by atoms with Crippen LogP contribution in [0.1, 0.15) is 43.7 Å². The van der Waals surface area contributed by atoms with E-state index in [9.17, 15) is 0 Å². The van der Waals surface area contributed by atoms with E-state index in [0.717, 1.165) is 13.0 Å². The maximum absolute atomic E-state index is 3.51. The first-order valence-corrected chi connectivity index (χ1v) is 6.59. The summed E-state index contributed by atoms with van der Waals surface area (Å²) in [6.45, 7) is 6.67. The monoisotopic (exact) mass is 219 g/mol. The Morgan fingerprint density at radius 3 is 2.38 bits per heavy atom. The van der Waals surface area contributed by atoms with Crippen molar-refractivity contribution in [2.45, 2.75) is 46.0 Å². The summed E-state index contributed by atoms with van der Waals surface area (Å²) in [5.41, 5.74) is 2.78. The number of benzene rings is 1. The molecular weight excluding hydrogens is 194 g/mol. The molecule has 1 heteroatoms. The van der Waals surface area contributed by atoms with Gasteiger partial charge in [-0.05, 0) is 38.4 Å². The quantitative estimate of drug-likeness (QED) is 0.657. The predicted molar refractivity (Wildman–Crippen MR) is 71.9 cm³/mol. The Hall–Kier alpha value is -0.820. The Morgan fingerprint density at radius 1 is 0.938 bits per heavy atom. The molecule has 0 saturated heterocycles. The van der Waals surface area contributed by atoms with E-state index >= 15 is 0 Å². The molecule has 0 fully saturated rings. The van der Waals surface area contributed by atoms with Crippen molar-refractivity contribution >= 4 is 0 Å². The summed E-state index contributed by atoms with van der Waals surface area (Å²) in [5, 5.41) is 3.51. The fourth-order valence-electron chi connectivity index (χ4n) is 1.79. The van der Waals surface area contributed by atoms with Gasteiger partial charge >= 0.3 is 0 Å². The molecule has 0 saturated carbocycles. The molecule has 0 radical (unpaired) electrons. The van der Waals surface area contributed by atoms with Crippen LogP contribution >= 0.6 is 0 Å². The number of hydrogen-bond acceptors (Lipinski definition) is 1. The highest BCUT2D eigenvalue weighted by molar-refractivity contribution is 5.21. The number of unbranched alkanes of at least 4 members (excludes halogenated alkanes) is 3. The van der Waals surface area contributed by atoms with E-state index in [4.69, 9.17) is 0 Å². The number of rotatable bonds is 8. The zero-order valence-electron chi connectivity index (χ0n) is 10.8. The minimum atomic E-state index is 1.11. The molecule has 16 heavy (non-hydrogen) atoms. The van der Waals surface area contributed by atoms with Gasteiger partial charge in [0.2, 0.25) is 0 Å². The second-order valence-electron chi connectivity index (χ2n) is 4.55. The summed E-state index contributed by atoms with van der Waals surface area (Å²) in [6, 6.07) is 8.84. The first-order valence-electron chi connectivity index (χ1n) is 6.59. The van der Waals surface area contributed by atoms with Gasteiger partial charge in [0.15, 0.2) is 0 Å². The lowest BCUT2D eigenvalue weighted by molar-refractivity contribution is 0.599. The molecule has 1 rings (SSSR count). The molecular formula is C15H25N. The van der Waals surface area contributed by atoms with E-state index in [1.807, 2.05) is 0 Å². The molecule has 0 aromatic heterocycles. The van der Waals surface area contributed by atoms with Crippen LogP contribution in [0.25, 0.3) is 0 Å². The van der Waals surface area contributed by atoms with E-state index in [-0.39, 0.29) is 0 Å². The van der Waals surface area contributed by atoms with Gasteiger partial charge in [0.25, 0.3) is 0 Å². The SMILES string of the molecule is CCCCCCNCCc1ccc(C)cc1. The highest BCUT2D eigenvalue weighted by Crippen LogP contribution is 2.03. The van der Waals surface area contributed by atoms with Crippen LogP contribution < -0.4 is 5.32 Å². The van der Waals surface area contributed by atoms with Crippen molar-refractivity contribution in [2.24, 2.45) is 0 Å². The first-order chi connectivity index (χ1) is 7.83. The molecule has 0 atom stereocenters. The molecule has 1 N–H and O–H groups in total. The largest absolute Gasteiger partial charge is 0.316 e. The molecule has 0 heterocycles. The highest BCUT2D eigenvalue weighted by atomic mass is 14.8. The third-order valence-corrected chi connectivity index (χ3v) is 2.92. The molecule has 1 nitrogen and oxygen atoms in total. The van der Waals surface area contributed by atoms with Crippen LogP contribution in [0.4, 0.5) is 0 Å². The van der Waals surface area contributed by atoms with E-state index < -0.39 is 0 Å². The van der Waals surface area contributed by atoms with Gasteiger partial charge in [-0.1, -0.05) is 56.0 Å². The molecule has 0 aliphatic carbocycles. The molecule has 0 unspecified atom stereocenters. The smallest absolute Gasteiger partial charge is 0.000835 e. The lowest BCUT2D eigenvalue weighted by atomic mass is 10.1. The topological polar surface area (TPSA) is 12.0 Å². The van der Waals surface area contributed by atoms with Gasteiger partial charge in [0.05, 0.1) is 0 Å². The van der Waals surface area contributed by atoms with Crippen molar-refractivity contribution in [1.82, 2.24) is 5.32 Å². The van der Waals surface area contributed by atoms with Crippen LogP contribution in [0, 0.1) is 6.92 Å². The standard InChI is InChI=1S/C15H25N/c1-3-4-5-6-12-16-13-11-15-9-7-14(2)8-10-15/h7-10,16H,3-6,11-13H2,1-2H3. The van der Waals surface area contributed by atoms with Gasteiger partial charge in [0.1, 0.15) is 0 Å². The first kappa shape index (κ1) is 13.2. The van der Waals surface area contributed by atoms with Crippen LogP contribution in [0.15, 0.2) is 24.3 Å². The minimum absolute atomic E-state index is 1.11. The minimum Gasteiger partial charge on any atom is -0.316 e. The Kier molecular flexibility index (Phi) is 6.91. The highest BCUT2D eigenvalue weighted by Gasteiger charge is 1.92. The Balaban J connectivity index is 2.01. The van der Waals surface area contributed by atoms with Crippen molar-refractivity contribution in [3.63, 3.8) is 0 Å². The molecule has 90 valence electrons. The Bertz CT molecular complexity index is 263. The summed E-state index contributed by atoms with van der Waals surface area (Å²) in [4.78, 5) is 0. The lowest BCUT2D eigenvalue weighted by Gasteiger charge is -2.05. The third-order valence-electron chi connectivity index (χ3n) is 2.92. The van der Waals surface area contributed by atoms with Gasteiger partial charge < -0.3 is 5.32 Å². The van der Waals surface area contributed by atoms with E-state index in [2.05, 4.69) is 43.4 Å². The van der Waals surface area contributed by atoms with Crippen LogP contribution in [0.2, 0.25) is 0 Å². The van der Waals surface area contributed by atoms with Crippen LogP contribution in [0.5, 0.6) is 0 Å². The Labute approximate surface area is 100 Å². The van der Waals surface area contributed by atoms with Crippen molar-refractivity contribution in [3.05, 3.63) is 35.4 Å². The summed E-state index contributed by atoms with van der Waals surface area (Å²) in [6.07, 6.45) is 6.53. The van der Waals surface area contributed by atoms with Gasteiger partial charge in [-0.25, -0.2) is 0 Å². The summed E-state index contributed by atoms with van der Waals surface area (Å²) in [5.74, 6) is 0. The van der Waals surface area contributed by atoms with Gasteiger partial charge in [-0.2, -0.15) is 0 Å². The average Bonchev–Trinajstić information content (AvgIpc) is 2.30. The maximum atomic E-state index is 3.51. The molecule has 0 bridgehead atoms. The van der Waals surface area contributed by atoms with Crippen molar-refractivity contribution < 1.29 is 0 Å². The number of aryl methyl sites for hydroxylation is 1. The molecule has 0 amide bonds. The summed E-state index contributed by atoms with van der Waals surface area (Å²) < 4.78 is 0. The third kappa shape index (κ3) is 5.92. The van der Waals surface area contributed by atoms with Crippen LogP contribution in [0.3, 0.4) is 0 Å². The average molecular weight is 219 g/mol. The van der Waals surface area contributed by atoms with Crippen molar-refractivity contribution in [3.8, 4) is 0 Å².